The molecule has 196 valence electrons. The Hall–Kier alpha value is -2.58. The smallest absolute Gasteiger partial charge is 0.325 e. The fourth-order valence-electron chi connectivity index (χ4n) is 2.84. The Morgan fingerprint density at radius 2 is 1.47 bits per heavy atom. The molecule has 3 amide bonds. The predicted octanol–water partition coefficient (Wildman–Crippen LogP) is -2.19. The minimum absolute atomic E-state index is 0.0895. The van der Waals surface area contributed by atoms with Crippen molar-refractivity contribution >= 4 is 41.4 Å². The van der Waals surface area contributed by atoms with Gasteiger partial charge < -0.3 is 44.0 Å². The Morgan fingerprint density at radius 3 is 2.00 bits per heavy atom. The number of hydrogen-bond acceptors (Lipinski definition) is 8. The minimum Gasteiger partial charge on any atom is -0.480 e. The fourth-order valence-corrected chi connectivity index (χ4v) is 3.33. The molecule has 14 heteroatoms. The zero-order valence-corrected chi connectivity index (χ0v) is 20.7. The summed E-state index contributed by atoms with van der Waals surface area (Å²) in [5.41, 5.74) is 22.1. The van der Waals surface area contributed by atoms with Crippen LogP contribution in [0.25, 0.3) is 0 Å². The Labute approximate surface area is 204 Å². The molecule has 0 aromatic rings. The molecule has 0 fully saturated rings. The molecule has 34 heavy (non-hydrogen) atoms. The number of rotatable bonds is 18. The van der Waals surface area contributed by atoms with Gasteiger partial charge >= 0.3 is 5.97 Å². The van der Waals surface area contributed by atoms with E-state index in [2.05, 4.69) is 20.9 Å². The first-order valence-corrected chi connectivity index (χ1v) is 12.6. The number of carbonyl (C=O) groups excluding carboxylic acids is 3. The number of carbonyl (C=O) groups is 4. The number of aliphatic carboxylic acids is 1. The first kappa shape index (κ1) is 31.4. The second-order valence-electron chi connectivity index (χ2n) is 7.81. The average molecular weight is 505 g/mol. The van der Waals surface area contributed by atoms with E-state index in [0.29, 0.717) is 38.0 Å². The van der Waals surface area contributed by atoms with Gasteiger partial charge in [0.1, 0.15) is 18.1 Å². The number of carboxylic acids is 1. The average Bonchev–Trinajstić information content (AvgIpc) is 2.78. The number of guanidine groups is 1. The number of nitrogens with one attached hydrogen (secondary N) is 3. The molecule has 13 nitrogen and oxygen atoms in total. The highest BCUT2D eigenvalue weighted by molar-refractivity contribution is 7.98. The Kier molecular flexibility index (Phi) is 16.5. The lowest BCUT2D eigenvalue weighted by molar-refractivity contribution is -0.141. The lowest BCUT2D eigenvalue weighted by atomic mass is 10.1. The van der Waals surface area contributed by atoms with E-state index in [-0.39, 0.29) is 25.3 Å². The molecule has 0 aromatic carbocycles. The number of carboxylic acid groups (broad SMARTS) is 1. The molecule has 0 saturated carbocycles. The number of thioether (sulfide) groups is 1. The lowest BCUT2D eigenvalue weighted by Crippen LogP contribution is -2.56. The molecular weight excluding hydrogens is 464 g/mol. The van der Waals surface area contributed by atoms with E-state index in [1.807, 2.05) is 6.26 Å². The van der Waals surface area contributed by atoms with Crippen LogP contribution in [0, 0.1) is 0 Å². The highest BCUT2D eigenvalue weighted by Crippen LogP contribution is 2.06. The summed E-state index contributed by atoms with van der Waals surface area (Å²) in [6.07, 6.45) is 4.33. The second kappa shape index (κ2) is 17.8. The Morgan fingerprint density at radius 1 is 0.912 bits per heavy atom. The van der Waals surface area contributed by atoms with Crippen molar-refractivity contribution in [1.82, 2.24) is 16.0 Å². The number of hydrogen-bond donors (Lipinski definition) is 8. The molecule has 0 aromatic heterocycles. The Bertz CT molecular complexity index is 690. The first-order chi connectivity index (χ1) is 16.0. The van der Waals surface area contributed by atoms with Crippen molar-refractivity contribution in [2.45, 2.75) is 69.6 Å². The fraction of sp³-hybridized carbons (Fsp3) is 0.750. The highest BCUT2D eigenvalue weighted by Gasteiger charge is 2.29. The topological polar surface area (TPSA) is 241 Å². The van der Waals surface area contributed by atoms with Crippen LogP contribution in [0.15, 0.2) is 4.99 Å². The van der Waals surface area contributed by atoms with Gasteiger partial charge in [-0.3, -0.25) is 24.2 Å². The quantitative estimate of drug-likeness (QED) is 0.0569. The van der Waals surface area contributed by atoms with E-state index in [4.69, 9.17) is 28.0 Å². The van der Waals surface area contributed by atoms with E-state index in [1.165, 1.54) is 6.92 Å². The van der Waals surface area contributed by atoms with Crippen LogP contribution < -0.4 is 38.9 Å². The van der Waals surface area contributed by atoms with Crippen molar-refractivity contribution in [3.8, 4) is 0 Å². The Balaban J connectivity index is 5.41. The maximum absolute atomic E-state index is 13.0. The summed E-state index contributed by atoms with van der Waals surface area (Å²) in [4.78, 5) is 53.1. The van der Waals surface area contributed by atoms with Gasteiger partial charge in [0.05, 0.1) is 6.04 Å². The lowest BCUT2D eigenvalue weighted by Gasteiger charge is -2.24. The number of unbranched alkanes of at least 4 members (excludes halogenated alkanes) is 1. The third kappa shape index (κ3) is 13.9. The van der Waals surface area contributed by atoms with E-state index in [9.17, 15) is 19.2 Å². The summed E-state index contributed by atoms with van der Waals surface area (Å²) in [5.74, 6) is -2.33. The van der Waals surface area contributed by atoms with Gasteiger partial charge in [-0.05, 0) is 64.0 Å². The first-order valence-electron chi connectivity index (χ1n) is 11.2. The summed E-state index contributed by atoms with van der Waals surface area (Å²) < 4.78 is 0. The summed E-state index contributed by atoms with van der Waals surface area (Å²) >= 11 is 1.55. The number of nitrogens with two attached hydrogens (primary N) is 4. The van der Waals surface area contributed by atoms with Gasteiger partial charge in [-0.2, -0.15) is 11.8 Å². The van der Waals surface area contributed by atoms with Crippen LogP contribution in [0.3, 0.4) is 0 Å². The van der Waals surface area contributed by atoms with Crippen LogP contribution >= 0.6 is 11.8 Å². The largest absolute Gasteiger partial charge is 0.480 e. The monoisotopic (exact) mass is 504 g/mol. The molecule has 0 rings (SSSR count). The molecule has 0 radical (unpaired) electrons. The zero-order valence-electron chi connectivity index (χ0n) is 19.9. The summed E-state index contributed by atoms with van der Waals surface area (Å²) in [5, 5.41) is 16.7. The molecule has 0 spiro atoms. The van der Waals surface area contributed by atoms with Crippen LogP contribution in [0.2, 0.25) is 0 Å². The van der Waals surface area contributed by atoms with Gasteiger partial charge in [0, 0.05) is 6.54 Å². The molecule has 4 unspecified atom stereocenters. The van der Waals surface area contributed by atoms with E-state index in [1.54, 1.807) is 11.8 Å². The summed E-state index contributed by atoms with van der Waals surface area (Å²) in [7, 11) is 0. The predicted molar refractivity (Wildman–Crippen MR) is 133 cm³/mol. The second-order valence-corrected chi connectivity index (χ2v) is 8.80. The standard InChI is InChI=1S/C20H40N8O5S/c1-12(19(32)33)26-17(30)14(6-3-4-9-21)28-18(31)15(7-5-10-25-20(23)24)27-16(29)13(22)8-11-34-2/h12-15H,3-11,21-22H2,1-2H3,(H,26,30)(H,27,29)(H,28,31)(H,32,33)(H4,23,24,25). The van der Waals surface area contributed by atoms with Crippen LogP contribution in [0.5, 0.6) is 0 Å². The molecule has 4 atom stereocenters. The van der Waals surface area contributed by atoms with Crippen molar-refractivity contribution in [3.63, 3.8) is 0 Å². The van der Waals surface area contributed by atoms with Crippen molar-refractivity contribution in [2.24, 2.45) is 27.9 Å². The normalized spacial score (nSPS) is 14.2. The van der Waals surface area contributed by atoms with E-state index in [0.717, 1.165) is 0 Å². The van der Waals surface area contributed by atoms with Gasteiger partial charge in [0.2, 0.25) is 17.7 Å². The number of nitrogens with zero attached hydrogens (tertiary/aromatic N) is 1. The van der Waals surface area contributed by atoms with Gasteiger partial charge in [0.25, 0.3) is 0 Å². The van der Waals surface area contributed by atoms with Crippen LogP contribution in [-0.2, 0) is 19.2 Å². The molecule has 0 aliphatic rings. The molecule has 0 aliphatic carbocycles. The van der Waals surface area contributed by atoms with Crippen molar-refractivity contribution in [1.29, 1.82) is 0 Å². The van der Waals surface area contributed by atoms with Crippen molar-refractivity contribution < 1.29 is 24.3 Å². The maximum atomic E-state index is 13.0. The SMILES string of the molecule is CSCCC(N)C(=O)NC(CCCN=C(N)N)C(=O)NC(CCCCN)C(=O)NC(C)C(=O)O. The van der Waals surface area contributed by atoms with Gasteiger partial charge in [0.15, 0.2) is 5.96 Å². The van der Waals surface area contributed by atoms with Gasteiger partial charge in [-0.15, -0.1) is 0 Å². The van der Waals surface area contributed by atoms with E-state index < -0.39 is 47.9 Å². The minimum atomic E-state index is -1.20. The number of amides is 3. The van der Waals surface area contributed by atoms with E-state index >= 15 is 0 Å². The van der Waals surface area contributed by atoms with Gasteiger partial charge in [-0.25, -0.2) is 0 Å². The highest BCUT2D eigenvalue weighted by atomic mass is 32.2. The zero-order chi connectivity index (χ0) is 26.1. The van der Waals surface area contributed by atoms with Crippen LogP contribution in [-0.4, -0.2) is 84.0 Å². The molecule has 0 heterocycles. The summed E-state index contributed by atoms with van der Waals surface area (Å²) in [6, 6.07) is -3.90. The summed E-state index contributed by atoms with van der Waals surface area (Å²) in [6.45, 7) is 1.98. The van der Waals surface area contributed by atoms with Crippen molar-refractivity contribution in [2.75, 3.05) is 25.1 Å². The number of aliphatic imine (C=N–C) groups is 1. The molecule has 0 saturated heterocycles. The van der Waals surface area contributed by atoms with Crippen LogP contribution in [0.4, 0.5) is 0 Å². The van der Waals surface area contributed by atoms with Crippen molar-refractivity contribution in [3.05, 3.63) is 0 Å². The third-order valence-corrected chi connectivity index (χ3v) is 5.50. The third-order valence-electron chi connectivity index (χ3n) is 4.86. The molecule has 12 N–H and O–H groups in total. The maximum Gasteiger partial charge on any atom is 0.325 e. The molecular formula is C20H40N8O5S. The molecule has 0 aliphatic heterocycles. The van der Waals surface area contributed by atoms with Gasteiger partial charge in [-0.1, -0.05) is 0 Å². The molecule has 0 bridgehead atoms. The van der Waals surface area contributed by atoms with Crippen LogP contribution in [0.1, 0.15) is 45.4 Å².